The minimum Gasteiger partial charge on any atom is -0.289 e. The third-order valence-electron chi connectivity index (χ3n) is 3.78. The molecule has 1 aromatic carbocycles. The number of carbonyl (C=O) groups is 2. The van der Waals surface area contributed by atoms with Crippen LogP contribution in [0.1, 0.15) is 27.1 Å². The Hall–Kier alpha value is -2.02. The first kappa shape index (κ1) is 14.9. The van der Waals surface area contributed by atoms with Crippen molar-refractivity contribution in [3.8, 4) is 0 Å². The van der Waals surface area contributed by atoms with Gasteiger partial charge < -0.3 is 0 Å². The van der Waals surface area contributed by atoms with E-state index >= 15 is 0 Å². The minimum absolute atomic E-state index is 0.000656. The van der Waals surface area contributed by atoms with Gasteiger partial charge in [0.25, 0.3) is 0 Å². The molecule has 0 fully saturated rings. The molecule has 1 atom stereocenters. The van der Waals surface area contributed by atoms with Gasteiger partial charge in [-0.1, -0.05) is 41.4 Å². The summed E-state index contributed by atoms with van der Waals surface area (Å²) in [7, 11) is 0. The summed E-state index contributed by atoms with van der Waals surface area (Å²) in [4.78, 5) is 35.9. The molecule has 0 radical (unpaired) electrons. The summed E-state index contributed by atoms with van der Waals surface area (Å²) in [5.74, 6) is -1.33. The maximum absolute atomic E-state index is 12.7. The molecule has 8 heteroatoms. The van der Waals surface area contributed by atoms with Gasteiger partial charge in [0.15, 0.2) is 11.6 Å². The lowest BCUT2D eigenvalue weighted by atomic mass is 9.75. The largest absolute Gasteiger partial charge is 0.306 e. The van der Waals surface area contributed by atoms with Crippen LogP contribution in [-0.2, 0) is 0 Å². The van der Waals surface area contributed by atoms with Crippen LogP contribution >= 0.6 is 23.2 Å². The van der Waals surface area contributed by atoms with Crippen molar-refractivity contribution in [1.29, 1.82) is 0 Å². The first-order valence-electron chi connectivity index (χ1n) is 6.21. The first-order chi connectivity index (χ1) is 10.3. The topological polar surface area (TPSA) is 103 Å². The molecule has 2 aliphatic carbocycles. The monoisotopic (exact) mass is 338 g/mol. The zero-order chi connectivity index (χ0) is 16.2. The summed E-state index contributed by atoms with van der Waals surface area (Å²) in [5, 5.41) is 11.4. The van der Waals surface area contributed by atoms with Gasteiger partial charge >= 0.3 is 5.66 Å². The second kappa shape index (κ2) is 4.74. The Morgan fingerprint density at radius 2 is 1.91 bits per heavy atom. The molecule has 0 heterocycles. The van der Waals surface area contributed by atoms with E-state index in [2.05, 4.69) is 0 Å². The van der Waals surface area contributed by atoms with Crippen LogP contribution in [0.15, 0.2) is 40.5 Å². The van der Waals surface area contributed by atoms with Gasteiger partial charge in [-0.05, 0) is 6.07 Å². The van der Waals surface area contributed by atoms with Gasteiger partial charge in [0.05, 0.1) is 22.6 Å². The van der Waals surface area contributed by atoms with Crippen LogP contribution in [0.3, 0.4) is 0 Å². The number of ketones is 2. The fraction of sp³-hybridized carbons (Fsp3) is 0.143. The van der Waals surface area contributed by atoms with E-state index in [9.17, 15) is 19.7 Å². The zero-order valence-corrected chi connectivity index (χ0v) is 12.4. The van der Waals surface area contributed by atoms with Gasteiger partial charge in [0.2, 0.25) is 0 Å². The zero-order valence-electron chi connectivity index (χ0n) is 10.9. The summed E-state index contributed by atoms with van der Waals surface area (Å²) < 4.78 is 0. The fourth-order valence-corrected chi connectivity index (χ4v) is 3.20. The molecular weight excluding hydrogens is 331 g/mol. The molecule has 1 unspecified atom stereocenters. The molecule has 0 aliphatic heterocycles. The molecule has 112 valence electrons. The van der Waals surface area contributed by atoms with Crippen molar-refractivity contribution < 1.29 is 14.5 Å². The van der Waals surface area contributed by atoms with Crippen molar-refractivity contribution in [3.05, 3.63) is 66.7 Å². The third-order valence-corrected chi connectivity index (χ3v) is 4.44. The standard InChI is InChI=1S/C14H8Cl2N2O4/c15-7-3-1-2-6-9(7)13(20)10-8(16)4-5-14(17,18(21)22)11(10)12(6)19/h1-4H,5,17H2. The lowest BCUT2D eigenvalue weighted by Gasteiger charge is -2.31. The van der Waals surface area contributed by atoms with Crippen molar-refractivity contribution >= 4 is 34.8 Å². The van der Waals surface area contributed by atoms with Crippen LogP contribution < -0.4 is 5.73 Å². The van der Waals surface area contributed by atoms with Gasteiger partial charge in [0.1, 0.15) is 5.57 Å². The molecule has 6 nitrogen and oxygen atoms in total. The minimum atomic E-state index is -2.18. The van der Waals surface area contributed by atoms with E-state index in [4.69, 9.17) is 28.9 Å². The number of benzene rings is 1. The van der Waals surface area contributed by atoms with E-state index in [0.29, 0.717) is 0 Å². The SMILES string of the molecule is NC1([N+](=O)[O-])CC=C(Cl)C2=C1C(=O)c1cccc(Cl)c1C2=O. The number of halogens is 2. The number of hydrogen-bond acceptors (Lipinski definition) is 5. The Morgan fingerprint density at radius 1 is 1.23 bits per heavy atom. The quantitative estimate of drug-likeness (QED) is 0.481. The van der Waals surface area contributed by atoms with Crippen LogP contribution in [0.25, 0.3) is 0 Å². The third kappa shape index (κ3) is 1.78. The number of Topliss-reactive ketones (excluding diaryl/α,β-unsaturated/α-hetero) is 2. The Balaban J connectivity index is 2.37. The Bertz CT molecular complexity index is 828. The molecule has 2 aliphatic rings. The number of fused-ring (bicyclic) bond motifs is 1. The average Bonchev–Trinajstić information content (AvgIpc) is 2.46. The predicted molar refractivity (Wildman–Crippen MR) is 79.6 cm³/mol. The molecule has 0 bridgehead atoms. The van der Waals surface area contributed by atoms with Gasteiger partial charge in [-0.2, -0.15) is 0 Å². The highest BCUT2D eigenvalue weighted by atomic mass is 35.5. The second-order valence-electron chi connectivity index (χ2n) is 5.01. The number of rotatable bonds is 1. The molecule has 0 aromatic heterocycles. The van der Waals surface area contributed by atoms with E-state index < -0.39 is 22.2 Å². The first-order valence-corrected chi connectivity index (χ1v) is 6.96. The van der Waals surface area contributed by atoms with Crippen LogP contribution in [0.5, 0.6) is 0 Å². The number of hydrogen-bond donors (Lipinski definition) is 1. The summed E-state index contributed by atoms with van der Waals surface area (Å²) in [6.45, 7) is 0. The highest BCUT2D eigenvalue weighted by Gasteiger charge is 2.53. The summed E-state index contributed by atoms with van der Waals surface area (Å²) in [6, 6.07) is 4.33. The highest BCUT2D eigenvalue weighted by molar-refractivity contribution is 6.44. The Labute approximate surface area is 134 Å². The Kier molecular flexibility index (Phi) is 3.21. The van der Waals surface area contributed by atoms with Crippen LogP contribution in [0, 0.1) is 10.1 Å². The van der Waals surface area contributed by atoms with Crippen molar-refractivity contribution in [2.75, 3.05) is 0 Å². The number of carbonyl (C=O) groups excluding carboxylic acids is 2. The van der Waals surface area contributed by atoms with Crippen molar-refractivity contribution in [1.82, 2.24) is 0 Å². The maximum atomic E-state index is 12.7. The normalized spacial score (nSPS) is 23.9. The molecular formula is C14H8Cl2N2O4. The van der Waals surface area contributed by atoms with Crippen LogP contribution in [0.4, 0.5) is 0 Å². The lowest BCUT2D eigenvalue weighted by Crippen LogP contribution is -2.54. The molecule has 22 heavy (non-hydrogen) atoms. The van der Waals surface area contributed by atoms with Gasteiger partial charge in [-0.3, -0.25) is 25.4 Å². The fourth-order valence-electron chi connectivity index (χ4n) is 2.69. The molecule has 2 N–H and O–H groups in total. The summed E-state index contributed by atoms with van der Waals surface area (Å²) in [6.07, 6.45) is 1.00. The van der Waals surface area contributed by atoms with Gasteiger partial charge in [-0.25, -0.2) is 0 Å². The van der Waals surface area contributed by atoms with E-state index in [1.165, 1.54) is 24.3 Å². The molecule has 1 aromatic rings. The number of nitrogens with two attached hydrogens (primary N) is 1. The predicted octanol–water partition coefficient (Wildman–Crippen LogP) is 2.47. The van der Waals surface area contributed by atoms with Crippen molar-refractivity contribution in [2.24, 2.45) is 5.73 Å². The molecule has 3 rings (SSSR count). The molecule has 0 spiro atoms. The van der Waals surface area contributed by atoms with E-state index in [-0.39, 0.29) is 38.7 Å². The molecule has 0 saturated heterocycles. The van der Waals surface area contributed by atoms with Crippen LogP contribution in [-0.4, -0.2) is 22.2 Å². The maximum Gasteiger partial charge on any atom is 0.306 e. The van der Waals surface area contributed by atoms with Crippen LogP contribution in [0.2, 0.25) is 5.02 Å². The summed E-state index contributed by atoms with van der Waals surface area (Å²) >= 11 is 12.0. The number of allylic oxidation sites excluding steroid dienone is 2. The number of nitrogens with zero attached hydrogens (tertiary/aromatic N) is 1. The number of nitro groups is 1. The second-order valence-corrected chi connectivity index (χ2v) is 5.82. The van der Waals surface area contributed by atoms with Crippen molar-refractivity contribution in [2.45, 2.75) is 12.1 Å². The summed E-state index contributed by atoms with van der Waals surface area (Å²) in [5.41, 5.74) is 2.99. The van der Waals surface area contributed by atoms with Crippen molar-refractivity contribution in [3.63, 3.8) is 0 Å². The molecule has 0 saturated carbocycles. The molecule has 0 amide bonds. The van der Waals surface area contributed by atoms with Gasteiger partial charge in [0, 0.05) is 15.5 Å². The van der Waals surface area contributed by atoms with E-state index in [1.54, 1.807) is 0 Å². The highest BCUT2D eigenvalue weighted by Crippen LogP contribution is 2.42. The van der Waals surface area contributed by atoms with E-state index in [0.717, 1.165) is 0 Å². The average molecular weight is 339 g/mol. The smallest absolute Gasteiger partial charge is 0.289 e. The lowest BCUT2D eigenvalue weighted by molar-refractivity contribution is -0.555. The van der Waals surface area contributed by atoms with E-state index in [1.807, 2.05) is 0 Å². The Morgan fingerprint density at radius 3 is 2.55 bits per heavy atom. The van der Waals surface area contributed by atoms with Gasteiger partial charge in [-0.15, -0.1) is 0 Å².